The highest BCUT2D eigenvalue weighted by Crippen LogP contribution is 2.18. The zero-order chi connectivity index (χ0) is 10.7. The summed E-state index contributed by atoms with van der Waals surface area (Å²) in [4.78, 5) is 0. The fraction of sp³-hybridized carbons (Fsp3) is 0.538. The van der Waals surface area contributed by atoms with Crippen LogP contribution in [-0.2, 0) is 4.74 Å². The SMILES string of the molecule is Cc1ccc(C)c(NCC2CCCO2)c1. The van der Waals surface area contributed by atoms with Crippen LogP contribution in [0.1, 0.15) is 24.0 Å². The monoisotopic (exact) mass is 205 g/mol. The first-order valence-electron chi connectivity index (χ1n) is 5.68. The van der Waals surface area contributed by atoms with Crippen molar-refractivity contribution in [2.75, 3.05) is 18.5 Å². The maximum absolute atomic E-state index is 5.58. The van der Waals surface area contributed by atoms with E-state index in [1.807, 2.05) is 0 Å². The zero-order valence-electron chi connectivity index (χ0n) is 9.55. The molecule has 1 fully saturated rings. The van der Waals surface area contributed by atoms with E-state index in [2.05, 4.69) is 37.4 Å². The molecule has 1 atom stereocenters. The summed E-state index contributed by atoms with van der Waals surface area (Å²) in [5, 5.41) is 3.47. The second-order valence-electron chi connectivity index (χ2n) is 4.33. The van der Waals surface area contributed by atoms with Gasteiger partial charge in [0, 0.05) is 18.8 Å². The van der Waals surface area contributed by atoms with E-state index in [-0.39, 0.29) is 0 Å². The Morgan fingerprint density at radius 3 is 3.00 bits per heavy atom. The van der Waals surface area contributed by atoms with E-state index in [1.165, 1.54) is 29.7 Å². The van der Waals surface area contributed by atoms with Crippen LogP contribution in [0.2, 0.25) is 0 Å². The number of anilines is 1. The molecule has 82 valence electrons. The van der Waals surface area contributed by atoms with Gasteiger partial charge in [-0.2, -0.15) is 0 Å². The molecule has 0 radical (unpaired) electrons. The highest BCUT2D eigenvalue weighted by Gasteiger charge is 2.14. The molecule has 1 saturated heterocycles. The van der Waals surface area contributed by atoms with Gasteiger partial charge in [-0.25, -0.2) is 0 Å². The van der Waals surface area contributed by atoms with Crippen molar-refractivity contribution in [3.8, 4) is 0 Å². The quantitative estimate of drug-likeness (QED) is 0.819. The van der Waals surface area contributed by atoms with Crippen LogP contribution in [0.3, 0.4) is 0 Å². The molecule has 1 unspecified atom stereocenters. The fourth-order valence-corrected chi connectivity index (χ4v) is 1.96. The van der Waals surface area contributed by atoms with Crippen LogP contribution in [0.15, 0.2) is 18.2 Å². The lowest BCUT2D eigenvalue weighted by atomic mass is 10.1. The van der Waals surface area contributed by atoms with E-state index in [9.17, 15) is 0 Å². The highest BCUT2D eigenvalue weighted by atomic mass is 16.5. The van der Waals surface area contributed by atoms with Gasteiger partial charge in [-0.3, -0.25) is 0 Å². The van der Waals surface area contributed by atoms with Crippen molar-refractivity contribution in [2.45, 2.75) is 32.8 Å². The molecule has 0 spiro atoms. The second kappa shape index (κ2) is 4.67. The van der Waals surface area contributed by atoms with Crippen molar-refractivity contribution in [1.82, 2.24) is 0 Å². The van der Waals surface area contributed by atoms with Crippen molar-refractivity contribution in [1.29, 1.82) is 0 Å². The Hall–Kier alpha value is -1.02. The minimum absolute atomic E-state index is 0.407. The molecule has 1 aromatic rings. The van der Waals surface area contributed by atoms with Gasteiger partial charge in [-0.05, 0) is 43.9 Å². The van der Waals surface area contributed by atoms with Crippen LogP contribution in [0.4, 0.5) is 5.69 Å². The van der Waals surface area contributed by atoms with E-state index >= 15 is 0 Å². The molecule has 1 N–H and O–H groups in total. The molecule has 2 heteroatoms. The average molecular weight is 205 g/mol. The van der Waals surface area contributed by atoms with Gasteiger partial charge in [0.1, 0.15) is 0 Å². The Kier molecular flexibility index (Phi) is 3.27. The Labute approximate surface area is 91.6 Å². The molecule has 0 aliphatic carbocycles. The summed E-state index contributed by atoms with van der Waals surface area (Å²) in [6.07, 6.45) is 2.81. The molecule has 2 rings (SSSR count). The minimum atomic E-state index is 0.407. The summed E-state index contributed by atoms with van der Waals surface area (Å²) in [5.41, 5.74) is 3.85. The topological polar surface area (TPSA) is 21.3 Å². The normalized spacial score (nSPS) is 20.5. The Morgan fingerprint density at radius 1 is 1.40 bits per heavy atom. The summed E-state index contributed by atoms with van der Waals surface area (Å²) in [5.74, 6) is 0. The number of hydrogen-bond acceptors (Lipinski definition) is 2. The van der Waals surface area contributed by atoms with Crippen LogP contribution < -0.4 is 5.32 Å². The van der Waals surface area contributed by atoms with Crippen molar-refractivity contribution < 1.29 is 4.74 Å². The van der Waals surface area contributed by atoms with Crippen LogP contribution in [0, 0.1) is 13.8 Å². The van der Waals surface area contributed by atoms with E-state index in [1.54, 1.807) is 0 Å². The lowest BCUT2D eigenvalue weighted by Crippen LogP contribution is -2.18. The van der Waals surface area contributed by atoms with Crippen LogP contribution in [0.25, 0.3) is 0 Å². The fourth-order valence-electron chi connectivity index (χ4n) is 1.96. The van der Waals surface area contributed by atoms with Gasteiger partial charge in [0.15, 0.2) is 0 Å². The maximum atomic E-state index is 5.58. The van der Waals surface area contributed by atoms with E-state index in [0.29, 0.717) is 6.10 Å². The molecule has 1 aliphatic heterocycles. The van der Waals surface area contributed by atoms with Crippen molar-refractivity contribution in [3.05, 3.63) is 29.3 Å². The third-order valence-corrected chi connectivity index (χ3v) is 2.94. The van der Waals surface area contributed by atoms with Gasteiger partial charge >= 0.3 is 0 Å². The number of rotatable bonds is 3. The lowest BCUT2D eigenvalue weighted by molar-refractivity contribution is 0.120. The van der Waals surface area contributed by atoms with E-state index < -0.39 is 0 Å². The number of aryl methyl sites for hydroxylation is 2. The summed E-state index contributed by atoms with van der Waals surface area (Å²) in [7, 11) is 0. The van der Waals surface area contributed by atoms with Gasteiger partial charge in [-0.15, -0.1) is 0 Å². The van der Waals surface area contributed by atoms with Crippen LogP contribution in [-0.4, -0.2) is 19.3 Å². The highest BCUT2D eigenvalue weighted by molar-refractivity contribution is 5.52. The molecule has 0 saturated carbocycles. The molecule has 0 aromatic heterocycles. The molecule has 1 aromatic carbocycles. The predicted octanol–water partition coefficient (Wildman–Crippen LogP) is 2.89. The van der Waals surface area contributed by atoms with Gasteiger partial charge in [0.05, 0.1) is 6.10 Å². The number of benzene rings is 1. The molecular formula is C13H19NO. The molecule has 15 heavy (non-hydrogen) atoms. The smallest absolute Gasteiger partial charge is 0.0748 e. The van der Waals surface area contributed by atoms with Crippen molar-refractivity contribution >= 4 is 5.69 Å². The average Bonchev–Trinajstić information content (AvgIpc) is 2.72. The molecule has 0 amide bonds. The number of nitrogens with one attached hydrogen (secondary N) is 1. The molecular weight excluding hydrogens is 186 g/mol. The number of hydrogen-bond donors (Lipinski definition) is 1. The Bertz CT molecular complexity index is 329. The van der Waals surface area contributed by atoms with Crippen LogP contribution >= 0.6 is 0 Å². The van der Waals surface area contributed by atoms with Crippen molar-refractivity contribution in [3.63, 3.8) is 0 Å². The van der Waals surface area contributed by atoms with Gasteiger partial charge in [-0.1, -0.05) is 12.1 Å². The summed E-state index contributed by atoms with van der Waals surface area (Å²) in [6, 6.07) is 6.50. The molecule has 2 nitrogen and oxygen atoms in total. The third-order valence-electron chi connectivity index (χ3n) is 2.94. The van der Waals surface area contributed by atoms with Gasteiger partial charge in [0.2, 0.25) is 0 Å². The second-order valence-corrected chi connectivity index (χ2v) is 4.33. The number of ether oxygens (including phenoxy) is 1. The molecule has 1 heterocycles. The molecule has 1 aliphatic rings. The Balaban J connectivity index is 1.94. The largest absolute Gasteiger partial charge is 0.382 e. The minimum Gasteiger partial charge on any atom is -0.382 e. The first-order valence-corrected chi connectivity index (χ1v) is 5.68. The summed E-state index contributed by atoms with van der Waals surface area (Å²) in [6.45, 7) is 6.12. The predicted molar refractivity (Wildman–Crippen MR) is 63.4 cm³/mol. The first kappa shape index (κ1) is 10.5. The van der Waals surface area contributed by atoms with E-state index in [0.717, 1.165) is 13.2 Å². The van der Waals surface area contributed by atoms with E-state index in [4.69, 9.17) is 4.74 Å². The maximum Gasteiger partial charge on any atom is 0.0748 e. The van der Waals surface area contributed by atoms with Gasteiger partial charge in [0.25, 0.3) is 0 Å². The summed E-state index contributed by atoms with van der Waals surface area (Å²) >= 11 is 0. The lowest BCUT2D eigenvalue weighted by Gasteiger charge is -2.14. The molecule has 0 bridgehead atoms. The first-order chi connectivity index (χ1) is 7.25. The Morgan fingerprint density at radius 2 is 2.27 bits per heavy atom. The summed E-state index contributed by atoms with van der Waals surface area (Å²) < 4.78 is 5.58. The van der Waals surface area contributed by atoms with Gasteiger partial charge < -0.3 is 10.1 Å². The third kappa shape index (κ3) is 2.72. The van der Waals surface area contributed by atoms with Crippen molar-refractivity contribution in [2.24, 2.45) is 0 Å². The standard InChI is InChI=1S/C13H19NO/c1-10-5-6-11(2)13(8-10)14-9-12-4-3-7-15-12/h5-6,8,12,14H,3-4,7,9H2,1-2H3. The zero-order valence-corrected chi connectivity index (χ0v) is 9.55. The van der Waals surface area contributed by atoms with Crippen LogP contribution in [0.5, 0.6) is 0 Å².